The van der Waals surface area contributed by atoms with Gasteiger partial charge in [-0.2, -0.15) is 0 Å². The molecule has 1 atom stereocenters. The molecule has 3 aromatic rings. The fourth-order valence-electron chi connectivity index (χ4n) is 2.77. The van der Waals surface area contributed by atoms with E-state index in [9.17, 15) is 13.2 Å². The Balaban J connectivity index is 2.08. The van der Waals surface area contributed by atoms with Crippen LogP contribution >= 0.6 is 15.9 Å². The highest BCUT2D eigenvalue weighted by molar-refractivity contribution is 9.10. The number of halogens is 4. The summed E-state index contributed by atoms with van der Waals surface area (Å²) in [4.78, 5) is 0. The lowest BCUT2D eigenvalue weighted by atomic mass is 9.86. The van der Waals surface area contributed by atoms with Gasteiger partial charge < -0.3 is 0 Å². The molecule has 0 spiro atoms. The predicted octanol–water partition coefficient (Wildman–Crippen LogP) is 6.24. The predicted molar refractivity (Wildman–Crippen MR) is 92.4 cm³/mol. The molecule has 4 heteroatoms. The first-order valence-electron chi connectivity index (χ1n) is 7.49. The van der Waals surface area contributed by atoms with E-state index in [1.165, 1.54) is 0 Å². The minimum atomic E-state index is -1.44. The summed E-state index contributed by atoms with van der Waals surface area (Å²) >= 11 is 3.50. The average Bonchev–Trinajstić information content (AvgIpc) is 2.59. The van der Waals surface area contributed by atoms with Gasteiger partial charge in [0.25, 0.3) is 0 Å². The summed E-state index contributed by atoms with van der Waals surface area (Å²) in [6.45, 7) is 0. The molecular formula is C20H14BrF3. The van der Waals surface area contributed by atoms with Crippen LogP contribution in [-0.2, 0) is 6.42 Å². The Labute approximate surface area is 147 Å². The molecule has 0 aliphatic rings. The van der Waals surface area contributed by atoms with Crippen molar-refractivity contribution >= 4 is 15.9 Å². The second-order valence-corrected chi connectivity index (χ2v) is 6.41. The van der Waals surface area contributed by atoms with Crippen LogP contribution in [0, 0.1) is 17.5 Å². The third kappa shape index (κ3) is 3.54. The lowest BCUT2D eigenvalue weighted by Gasteiger charge is -2.19. The van der Waals surface area contributed by atoms with E-state index in [1.807, 2.05) is 54.6 Å². The second kappa shape index (κ2) is 7.22. The van der Waals surface area contributed by atoms with E-state index < -0.39 is 17.5 Å². The van der Waals surface area contributed by atoms with E-state index in [2.05, 4.69) is 15.9 Å². The Hall–Kier alpha value is -2.07. The minimum Gasteiger partial charge on any atom is -0.204 e. The molecule has 0 bridgehead atoms. The van der Waals surface area contributed by atoms with Crippen LogP contribution < -0.4 is 0 Å². The maximum absolute atomic E-state index is 13.7. The summed E-state index contributed by atoms with van der Waals surface area (Å²) in [5, 5.41) is 0. The summed E-state index contributed by atoms with van der Waals surface area (Å²) < 4.78 is 41.7. The highest BCUT2D eigenvalue weighted by atomic mass is 79.9. The monoisotopic (exact) mass is 390 g/mol. The van der Waals surface area contributed by atoms with Crippen molar-refractivity contribution in [3.63, 3.8) is 0 Å². The molecule has 0 fully saturated rings. The molecule has 0 aromatic heterocycles. The molecule has 3 rings (SSSR count). The van der Waals surface area contributed by atoms with Crippen molar-refractivity contribution in [2.45, 2.75) is 12.3 Å². The Kier molecular flexibility index (Phi) is 5.05. The van der Waals surface area contributed by atoms with Crippen LogP contribution in [0.15, 0.2) is 71.2 Å². The van der Waals surface area contributed by atoms with E-state index in [4.69, 9.17) is 0 Å². The molecule has 3 aromatic carbocycles. The standard InChI is InChI=1S/C20H14BrF3/c21-17-9-5-4-8-14(17)10-16(13-6-2-1-3-7-13)15-11-18(22)20(24)19(23)12-15/h1-9,11-12,16H,10H2. The second-order valence-electron chi connectivity index (χ2n) is 5.56. The SMILES string of the molecule is Fc1cc(C(Cc2ccccc2Br)c2ccccc2)cc(F)c1F. The Bertz CT molecular complexity index is 824. The van der Waals surface area contributed by atoms with Crippen molar-refractivity contribution in [3.05, 3.63) is 105 Å². The van der Waals surface area contributed by atoms with Gasteiger partial charge in [0, 0.05) is 10.4 Å². The first-order valence-corrected chi connectivity index (χ1v) is 8.28. The molecule has 122 valence electrons. The summed E-state index contributed by atoms with van der Waals surface area (Å²) in [7, 11) is 0. The third-order valence-electron chi connectivity index (χ3n) is 3.99. The maximum atomic E-state index is 13.7. The summed E-state index contributed by atoms with van der Waals surface area (Å²) in [5.41, 5.74) is 2.34. The van der Waals surface area contributed by atoms with Gasteiger partial charge in [-0.15, -0.1) is 0 Å². The zero-order valence-corrected chi connectivity index (χ0v) is 14.2. The van der Waals surface area contributed by atoms with Crippen LogP contribution in [0.2, 0.25) is 0 Å². The molecule has 0 saturated carbocycles. The molecule has 0 amide bonds. The van der Waals surface area contributed by atoms with Crippen LogP contribution in [-0.4, -0.2) is 0 Å². The van der Waals surface area contributed by atoms with Crippen molar-refractivity contribution in [3.8, 4) is 0 Å². The van der Waals surface area contributed by atoms with Gasteiger partial charge >= 0.3 is 0 Å². The lowest BCUT2D eigenvalue weighted by Crippen LogP contribution is -2.08. The van der Waals surface area contributed by atoms with Crippen molar-refractivity contribution in [1.82, 2.24) is 0 Å². The van der Waals surface area contributed by atoms with E-state index in [-0.39, 0.29) is 5.92 Å². The number of benzene rings is 3. The summed E-state index contributed by atoms with van der Waals surface area (Å²) in [6.07, 6.45) is 0.538. The smallest absolute Gasteiger partial charge is 0.194 e. The largest absolute Gasteiger partial charge is 0.204 e. The molecule has 0 heterocycles. The number of hydrogen-bond acceptors (Lipinski definition) is 0. The van der Waals surface area contributed by atoms with Gasteiger partial charge in [-0.25, -0.2) is 13.2 Å². The van der Waals surface area contributed by atoms with E-state index in [1.54, 1.807) is 0 Å². The normalized spacial score (nSPS) is 12.2. The van der Waals surface area contributed by atoms with Crippen molar-refractivity contribution < 1.29 is 13.2 Å². The van der Waals surface area contributed by atoms with E-state index >= 15 is 0 Å². The topological polar surface area (TPSA) is 0 Å². The van der Waals surface area contributed by atoms with Gasteiger partial charge in [-0.3, -0.25) is 0 Å². The maximum Gasteiger partial charge on any atom is 0.194 e. The van der Waals surface area contributed by atoms with Crippen LogP contribution in [0.4, 0.5) is 13.2 Å². The van der Waals surface area contributed by atoms with Gasteiger partial charge in [0.05, 0.1) is 0 Å². The number of rotatable bonds is 4. The van der Waals surface area contributed by atoms with Crippen LogP contribution in [0.1, 0.15) is 22.6 Å². The van der Waals surface area contributed by atoms with Gasteiger partial charge in [-0.05, 0) is 41.3 Å². The molecule has 24 heavy (non-hydrogen) atoms. The number of hydrogen-bond donors (Lipinski definition) is 0. The zero-order chi connectivity index (χ0) is 17.1. The van der Waals surface area contributed by atoms with Gasteiger partial charge in [0.1, 0.15) is 0 Å². The highest BCUT2D eigenvalue weighted by Gasteiger charge is 2.20. The average molecular weight is 391 g/mol. The quantitative estimate of drug-likeness (QED) is 0.462. The van der Waals surface area contributed by atoms with Crippen molar-refractivity contribution in [1.29, 1.82) is 0 Å². The molecule has 0 nitrogen and oxygen atoms in total. The van der Waals surface area contributed by atoms with Crippen LogP contribution in [0.3, 0.4) is 0 Å². The lowest BCUT2D eigenvalue weighted by molar-refractivity contribution is 0.444. The summed E-state index contributed by atoms with van der Waals surface area (Å²) in [5.74, 6) is -4.06. The third-order valence-corrected chi connectivity index (χ3v) is 4.77. The molecule has 0 aliphatic heterocycles. The molecule has 0 aliphatic carbocycles. The van der Waals surface area contributed by atoms with E-state index in [0.29, 0.717) is 12.0 Å². The minimum absolute atomic E-state index is 0.283. The molecule has 1 unspecified atom stereocenters. The molecule has 0 N–H and O–H groups in total. The van der Waals surface area contributed by atoms with Crippen LogP contribution in [0.5, 0.6) is 0 Å². The Morgan fingerprint density at radius 1 is 0.750 bits per heavy atom. The van der Waals surface area contributed by atoms with Crippen LogP contribution in [0.25, 0.3) is 0 Å². The van der Waals surface area contributed by atoms with Gasteiger partial charge in [0.2, 0.25) is 0 Å². The fraction of sp³-hybridized carbons (Fsp3) is 0.100. The molecular weight excluding hydrogens is 377 g/mol. The molecule has 0 saturated heterocycles. The van der Waals surface area contributed by atoms with Gasteiger partial charge in [-0.1, -0.05) is 64.5 Å². The zero-order valence-electron chi connectivity index (χ0n) is 12.6. The van der Waals surface area contributed by atoms with Crippen molar-refractivity contribution in [2.24, 2.45) is 0 Å². The van der Waals surface area contributed by atoms with E-state index in [0.717, 1.165) is 27.7 Å². The first-order chi connectivity index (χ1) is 11.6. The molecule has 0 radical (unpaired) electrons. The van der Waals surface area contributed by atoms with Crippen molar-refractivity contribution in [2.75, 3.05) is 0 Å². The van der Waals surface area contributed by atoms with Gasteiger partial charge in [0.15, 0.2) is 17.5 Å². The highest BCUT2D eigenvalue weighted by Crippen LogP contribution is 2.32. The fourth-order valence-corrected chi connectivity index (χ4v) is 3.22. The summed E-state index contributed by atoms with van der Waals surface area (Å²) in [6, 6.07) is 19.3. The Morgan fingerprint density at radius 3 is 1.96 bits per heavy atom. The Morgan fingerprint density at radius 2 is 1.33 bits per heavy atom. The first kappa shape index (κ1) is 16.8.